The summed E-state index contributed by atoms with van der Waals surface area (Å²) in [7, 11) is 0. The van der Waals surface area contributed by atoms with Gasteiger partial charge in [-0.2, -0.15) is 0 Å². The number of ketones is 2. The van der Waals surface area contributed by atoms with Crippen LogP contribution in [0.2, 0.25) is 0 Å². The van der Waals surface area contributed by atoms with Gasteiger partial charge in [-0.25, -0.2) is 4.79 Å². The van der Waals surface area contributed by atoms with Crippen LogP contribution in [-0.4, -0.2) is 23.6 Å². The van der Waals surface area contributed by atoms with Gasteiger partial charge in [-0.05, 0) is 19.9 Å². The number of carbonyl (C=O) groups excluding carboxylic acids is 3. The first-order valence-corrected chi connectivity index (χ1v) is 5.08. The lowest BCUT2D eigenvalue weighted by molar-refractivity contribution is -0.152. The van der Waals surface area contributed by atoms with Crippen LogP contribution < -0.4 is 0 Å². The van der Waals surface area contributed by atoms with Crippen LogP contribution in [0.15, 0.2) is 12.2 Å². The summed E-state index contributed by atoms with van der Waals surface area (Å²) >= 11 is 0. The molecule has 0 aromatic heterocycles. The Morgan fingerprint density at radius 3 is 2.00 bits per heavy atom. The van der Waals surface area contributed by atoms with Crippen LogP contribution in [0.4, 0.5) is 0 Å². The van der Waals surface area contributed by atoms with E-state index in [-0.39, 0.29) is 11.6 Å². The first-order chi connectivity index (χ1) is 7.14. The van der Waals surface area contributed by atoms with Gasteiger partial charge in [0.25, 0.3) is 0 Å². The molecule has 0 aliphatic carbocycles. The third-order valence-electron chi connectivity index (χ3n) is 1.86. The molecule has 0 aliphatic heterocycles. The van der Waals surface area contributed by atoms with Crippen molar-refractivity contribution in [1.82, 2.24) is 0 Å². The summed E-state index contributed by atoms with van der Waals surface area (Å²) in [6, 6.07) is 0. The van der Waals surface area contributed by atoms with Gasteiger partial charge < -0.3 is 4.74 Å². The van der Waals surface area contributed by atoms with E-state index in [4.69, 9.17) is 4.74 Å². The number of hydrogen-bond donors (Lipinski definition) is 0. The van der Waals surface area contributed by atoms with E-state index >= 15 is 0 Å². The summed E-state index contributed by atoms with van der Waals surface area (Å²) in [5.41, 5.74) is -0.552. The fourth-order valence-corrected chi connectivity index (χ4v) is 1.06. The van der Waals surface area contributed by atoms with Crippen LogP contribution in [-0.2, 0) is 19.1 Å². The lowest BCUT2D eigenvalue weighted by Crippen LogP contribution is -2.33. The topological polar surface area (TPSA) is 60.4 Å². The van der Waals surface area contributed by atoms with Crippen molar-refractivity contribution in [1.29, 1.82) is 0 Å². The van der Waals surface area contributed by atoms with E-state index in [1.807, 2.05) is 0 Å². The summed E-state index contributed by atoms with van der Waals surface area (Å²) in [6.45, 7) is 8.11. The van der Waals surface area contributed by atoms with E-state index in [1.165, 1.54) is 13.8 Å². The Hall–Kier alpha value is -1.45. The number of allylic oxidation sites excluding steroid dienone is 1. The highest BCUT2D eigenvalue weighted by Crippen LogP contribution is 2.18. The molecular weight excluding hydrogens is 208 g/mol. The van der Waals surface area contributed by atoms with Crippen molar-refractivity contribution in [3.05, 3.63) is 12.2 Å². The van der Waals surface area contributed by atoms with Gasteiger partial charge in [0.05, 0.1) is 0 Å². The summed E-state index contributed by atoms with van der Waals surface area (Å²) in [5, 5.41) is 0. The highest BCUT2D eigenvalue weighted by atomic mass is 16.5. The predicted octanol–water partition coefficient (Wildman–Crippen LogP) is 1.68. The standard InChI is InChI=1S/C12H18O4/c1-8(13)6-7-10(14)16-9(2)11(15)12(3,4)5/h6-7,9H,1-5H3/b7-6-. The third kappa shape index (κ3) is 5.44. The van der Waals surface area contributed by atoms with Gasteiger partial charge in [0.1, 0.15) is 0 Å². The van der Waals surface area contributed by atoms with E-state index in [0.29, 0.717) is 0 Å². The molecule has 0 saturated carbocycles. The Bertz CT molecular complexity index is 320. The van der Waals surface area contributed by atoms with Crippen LogP contribution in [0.1, 0.15) is 34.6 Å². The molecule has 0 aromatic rings. The van der Waals surface area contributed by atoms with E-state index < -0.39 is 17.5 Å². The van der Waals surface area contributed by atoms with Crippen LogP contribution in [0.5, 0.6) is 0 Å². The maximum Gasteiger partial charge on any atom is 0.331 e. The average Bonchev–Trinajstić information content (AvgIpc) is 2.11. The second kappa shape index (κ2) is 5.58. The van der Waals surface area contributed by atoms with Crippen molar-refractivity contribution in [3.63, 3.8) is 0 Å². The molecule has 0 fully saturated rings. The van der Waals surface area contributed by atoms with E-state index in [0.717, 1.165) is 12.2 Å². The molecule has 0 aromatic carbocycles. The molecule has 0 aliphatic rings. The molecule has 0 N–H and O–H groups in total. The Morgan fingerprint density at radius 2 is 1.62 bits per heavy atom. The predicted molar refractivity (Wildman–Crippen MR) is 59.8 cm³/mol. The monoisotopic (exact) mass is 226 g/mol. The summed E-state index contributed by atoms with van der Waals surface area (Å²) < 4.78 is 4.86. The molecule has 16 heavy (non-hydrogen) atoms. The van der Waals surface area contributed by atoms with Gasteiger partial charge in [0.15, 0.2) is 17.7 Å². The van der Waals surface area contributed by atoms with Gasteiger partial charge in [0.2, 0.25) is 0 Å². The second-order valence-electron chi connectivity index (χ2n) is 4.64. The molecule has 0 heterocycles. The minimum Gasteiger partial charge on any atom is -0.451 e. The number of carbonyl (C=O) groups is 3. The zero-order chi connectivity index (χ0) is 12.9. The van der Waals surface area contributed by atoms with Gasteiger partial charge >= 0.3 is 5.97 Å². The first-order valence-electron chi connectivity index (χ1n) is 5.08. The number of esters is 1. The highest BCUT2D eigenvalue weighted by molar-refractivity contribution is 5.96. The lowest BCUT2D eigenvalue weighted by atomic mass is 9.88. The molecular formula is C12H18O4. The second-order valence-corrected chi connectivity index (χ2v) is 4.64. The fourth-order valence-electron chi connectivity index (χ4n) is 1.06. The van der Waals surface area contributed by atoms with Crippen molar-refractivity contribution in [2.24, 2.45) is 5.41 Å². The Balaban J connectivity index is 4.36. The summed E-state index contributed by atoms with van der Waals surface area (Å²) in [4.78, 5) is 33.4. The lowest BCUT2D eigenvalue weighted by Gasteiger charge is -2.21. The molecule has 4 heteroatoms. The van der Waals surface area contributed by atoms with Crippen molar-refractivity contribution in [3.8, 4) is 0 Å². The minimum absolute atomic E-state index is 0.155. The van der Waals surface area contributed by atoms with Crippen LogP contribution >= 0.6 is 0 Å². The Morgan fingerprint density at radius 1 is 1.12 bits per heavy atom. The maximum absolute atomic E-state index is 11.7. The summed E-state index contributed by atoms with van der Waals surface area (Å²) in [5.74, 6) is -1.08. The van der Waals surface area contributed by atoms with Gasteiger partial charge in [-0.15, -0.1) is 0 Å². The number of rotatable bonds is 4. The van der Waals surface area contributed by atoms with Gasteiger partial charge in [-0.3, -0.25) is 9.59 Å². The first kappa shape index (κ1) is 14.6. The van der Waals surface area contributed by atoms with E-state index in [9.17, 15) is 14.4 Å². The zero-order valence-electron chi connectivity index (χ0n) is 10.4. The molecule has 90 valence electrons. The minimum atomic E-state index is -0.802. The molecule has 1 unspecified atom stereocenters. The molecule has 0 bridgehead atoms. The Kier molecular flexibility index (Phi) is 5.08. The molecule has 4 nitrogen and oxygen atoms in total. The van der Waals surface area contributed by atoms with E-state index in [2.05, 4.69) is 0 Å². The molecule has 0 spiro atoms. The Labute approximate surface area is 95.7 Å². The summed E-state index contributed by atoms with van der Waals surface area (Å²) in [6.07, 6.45) is 1.33. The third-order valence-corrected chi connectivity index (χ3v) is 1.86. The number of hydrogen-bond acceptors (Lipinski definition) is 4. The molecule has 0 rings (SSSR count). The molecule has 0 saturated heterocycles. The van der Waals surface area contributed by atoms with Gasteiger partial charge in [0, 0.05) is 11.5 Å². The average molecular weight is 226 g/mol. The van der Waals surface area contributed by atoms with Crippen LogP contribution in [0.3, 0.4) is 0 Å². The smallest absolute Gasteiger partial charge is 0.331 e. The van der Waals surface area contributed by atoms with Crippen LogP contribution in [0.25, 0.3) is 0 Å². The maximum atomic E-state index is 11.7. The molecule has 1 atom stereocenters. The quantitative estimate of drug-likeness (QED) is 0.540. The van der Waals surface area contributed by atoms with Crippen molar-refractivity contribution in [2.75, 3.05) is 0 Å². The SMILES string of the molecule is CC(=O)/C=C\C(=O)OC(C)C(=O)C(C)(C)C. The van der Waals surface area contributed by atoms with Gasteiger partial charge in [-0.1, -0.05) is 20.8 Å². The van der Waals surface area contributed by atoms with E-state index in [1.54, 1.807) is 20.8 Å². The van der Waals surface area contributed by atoms with Crippen LogP contribution in [0, 0.1) is 5.41 Å². The fraction of sp³-hybridized carbons (Fsp3) is 0.583. The van der Waals surface area contributed by atoms with Crippen molar-refractivity contribution < 1.29 is 19.1 Å². The molecule has 0 radical (unpaired) electrons. The highest BCUT2D eigenvalue weighted by Gasteiger charge is 2.28. The largest absolute Gasteiger partial charge is 0.451 e. The normalized spacial score (nSPS) is 13.6. The van der Waals surface area contributed by atoms with Crippen molar-refractivity contribution in [2.45, 2.75) is 40.7 Å². The van der Waals surface area contributed by atoms with Crippen molar-refractivity contribution >= 4 is 17.5 Å². The number of Topliss-reactive ketones (excluding diaryl/α,β-unsaturated/α-hetero) is 1. The molecule has 0 amide bonds. The number of ether oxygens (including phenoxy) is 1. The zero-order valence-corrected chi connectivity index (χ0v) is 10.4.